The molecule has 1 aromatic carbocycles. The predicted molar refractivity (Wildman–Crippen MR) is 85.3 cm³/mol. The van der Waals surface area contributed by atoms with Crippen molar-refractivity contribution in [3.8, 4) is 0 Å². The Morgan fingerprint density at radius 1 is 1.35 bits per heavy atom. The fraction of sp³-hybridized carbons (Fsp3) is 0.562. The Morgan fingerprint density at radius 2 is 1.95 bits per heavy atom. The Labute approximate surface area is 129 Å². The van der Waals surface area contributed by atoms with Gasteiger partial charge in [-0.05, 0) is 30.4 Å². The van der Waals surface area contributed by atoms with Crippen LogP contribution in [0.15, 0.2) is 28.7 Å². The van der Waals surface area contributed by atoms with Gasteiger partial charge in [0.05, 0.1) is 6.54 Å². The molecule has 0 aromatic heterocycles. The van der Waals surface area contributed by atoms with Crippen LogP contribution in [0, 0.1) is 11.8 Å². The van der Waals surface area contributed by atoms with E-state index in [0.29, 0.717) is 18.3 Å². The Hall–Kier alpha value is -0.870. The van der Waals surface area contributed by atoms with E-state index in [1.807, 2.05) is 24.3 Å². The smallest absolute Gasteiger partial charge is 0.220 e. The van der Waals surface area contributed by atoms with Crippen LogP contribution < -0.4 is 5.32 Å². The molecule has 0 radical (unpaired) electrons. The molecule has 0 aliphatic heterocycles. The third-order valence-electron chi connectivity index (χ3n) is 3.73. The Morgan fingerprint density at radius 3 is 2.50 bits per heavy atom. The first-order valence-corrected chi connectivity index (χ1v) is 7.77. The number of nitrogens with one attached hydrogen (secondary N) is 1. The minimum Gasteiger partial charge on any atom is -0.384 e. The zero-order chi connectivity index (χ0) is 15.3. The molecule has 1 amide bonds. The molecular weight excluding hydrogens is 318 g/mol. The lowest BCUT2D eigenvalue weighted by molar-refractivity contribution is -0.123. The minimum atomic E-state index is -1.09. The summed E-state index contributed by atoms with van der Waals surface area (Å²) in [6, 6.07) is 7.50. The van der Waals surface area contributed by atoms with E-state index in [1.54, 1.807) is 6.92 Å². The largest absolute Gasteiger partial charge is 0.384 e. The number of carbonyl (C=O) groups excluding carboxylic acids is 1. The van der Waals surface area contributed by atoms with Crippen molar-refractivity contribution >= 4 is 21.8 Å². The number of carbonyl (C=O) groups is 1. The minimum absolute atomic E-state index is 0.0153. The summed E-state index contributed by atoms with van der Waals surface area (Å²) in [4.78, 5) is 11.9. The highest BCUT2D eigenvalue weighted by molar-refractivity contribution is 9.10. The highest BCUT2D eigenvalue weighted by Crippen LogP contribution is 2.27. The second-order valence-electron chi connectivity index (χ2n) is 5.96. The SMILES string of the molecule is CC(C)[C@@H](C)CC(=O)NC[C@](C)(O)c1ccccc1Br. The first-order valence-electron chi connectivity index (χ1n) is 6.98. The van der Waals surface area contributed by atoms with Crippen LogP contribution in [0.1, 0.15) is 39.7 Å². The van der Waals surface area contributed by atoms with Gasteiger partial charge in [-0.2, -0.15) is 0 Å². The third kappa shape index (κ3) is 4.91. The molecule has 0 fully saturated rings. The summed E-state index contributed by atoms with van der Waals surface area (Å²) in [7, 11) is 0. The first-order chi connectivity index (χ1) is 9.24. The van der Waals surface area contributed by atoms with E-state index < -0.39 is 5.60 Å². The molecule has 1 aromatic rings. The van der Waals surface area contributed by atoms with Gasteiger partial charge in [-0.15, -0.1) is 0 Å². The third-order valence-corrected chi connectivity index (χ3v) is 4.42. The molecule has 2 N–H and O–H groups in total. The van der Waals surface area contributed by atoms with Crippen molar-refractivity contribution < 1.29 is 9.90 Å². The monoisotopic (exact) mass is 341 g/mol. The summed E-state index contributed by atoms with van der Waals surface area (Å²) < 4.78 is 0.842. The summed E-state index contributed by atoms with van der Waals surface area (Å²) in [5, 5.41) is 13.3. The molecular formula is C16H24BrNO2. The highest BCUT2D eigenvalue weighted by atomic mass is 79.9. The van der Waals surface area contributed by atoms with Crippen molar-refractivity contribution in [1.29, 1.82) is 0 Å². The van der Waals surface area contributed by atoms with Gasteiger partial charge >= 0.3 is 0 Å². The maximum atomic E-state index is 11.9. The summed E-state index contributed by atoms with van der Waals surface area (Å²) in [5.41, 5.74) is -0.311. The Balaban J connectivity index is 2.60. The zero-order valence-corrected chi connectivity index (χ0v) is 14.2. The molecule has 4 heteroatoms. The van der Waals surface area contributed by atoms with Crippen LogP contribution in [-0.4, -0.2) is 17.6 Å². The lowest BCUT2D eigenvalue weighted by atomic mass is 9.93. The maximum absolute atomic E-state index is 11.9. The topological polar surface area (TPSA) is 49.3 Å². The fourth-order valence-corrected chi connectivity index (χ4v) is 2.58. The van der Waals surface area contributed by atoms with E-state index in [2.05, 4.69) is 42.0 Å². The standard InChI is InChI=1S/C16H24BrNO2/c1-11(2)12(3)9-15(19)18-10-16(4,20)13-7-5-6-8-14(13)17/h5-8,11-12,20H,9-10H2,1-4H3,(H,18,19)/t12-,16-/m0/s1. The molecule has 0 aliphatic carbocycles. The number of halogens is 1. The molecule has 1 rings (SSSR count). The van der Waals surface area contributed by atoms with E-state index in [-0.39, 0.29) is 12.5 Å². The van der Waals surface area contributed by atoms with Crippen molar-refractivity contribution in [1.82, 2.24) is 5.32 Å². The van der Waals surface area contributed by atoms with Gasteiger partial charge in [0.2, 0.25) is 5.91 Å². The molecule has 0 aliphatic rings. The van der Waals surface area contributed by atoms with E-state index in [4.69, 9.17) is 0 Å². The first kappa shape index (κ1) is 17.2. The average molecular weight is 342 g/mol. The molecule has 20 heavy (non-hydrogen) atoms. The molecule has 0 saturated heterocycles. The zero-order valence-electron chi connectivity index (χ0n) is 12.6. The maximum Gasteiger partial charge on any atom is 0.220 e. The lowest BCUT2D eigenvalue weighted by Crippen LogP contribution is -2.39. The number of amides is 1. The molecule has 3 nitrogen and oxygen atoms in total. The van der Waals surface area contributed by atoms with Gasteiger partial charge in [-0.25, -0.2) is 0 Å². The normalized spacial score (nSPS) is 15.8. The van der Waals surface area contributed by atoms with Crippen LogP contribution in [0.2, 0.25) is 0 Å². The van der Waals surface area contributed by atoms with Crippen molar-refractivity contribution in [3.05, 3.63) is 34.3 Å². The fourth-order valence-electron chi connectivity index (χ4n) is 1.86. The molecule has 0 saturated carbocycles. The van der Waals surface area contributed by atoms with Gasteiger partial charge in [0.1, 0.15) is 5.60 Å². The van der Waals surface area contributed by atoms with E-state index in [9.17, 15) is 9.90 Å². The van der Waals surface area contributed by atoms with Gasteiger partial charge < -0.3 is 10.4 Å². The molecule has 112 valence electrons. The Bertz CT molecular complexity index is 458. The van der Waals surface area contributed by atoms with Gasteiger partial charge in [-0.3, -0.25) is 4.79 Å². The van der Waals surface area contributed by atoms with E-state index in [0.717, 1.165) is 10.0 Å². The molecule has 0 heterocycles. The highest BCUT2D eigenvalue weighted by Gasteiger charge is 2.26. The van der Waals surface area contributed by atoms with Crippen molar-refractivity contribution in [2.45, 2.75) is 39.7 Å². The van der Waals surface area contributed by atoms with E-state index >= 15 is 0 Å². The quantitative estimate of drug-likeness (QED) is 0.832. The summed E-state index contributed by atoms with van der Waals surface area (Å²) >= 11 is 3.43. The van der Waals surface area contributed by atoms with Crippen LogP contribution >= 0.6 is 15.9 Å². The van der Waals surface area contributed by atoms with Gasteiger partial charge in [0.25, 0.3) is 0 Å². The van der Waals surface area contributed by atoms with E-state index in [1.165, 1.54) is 0 Å². The number of benzene rings is 1. The number of aliphatic hydroxyl groups is 1. The summed E-state index contributed by atoms with van der Waals surface area (Å²) in [6.45, 7) is 8.19. The van der Waals surface area contributed by atoms with Crippen LogP contribution in [0.3, 0.4) is 0 Å². The average Bonchev–Trinajstić information content (AvgIpc) is 2.36. The lowest BCUT2D eigenvalue weighted by Gasteiger charge is -2.26. The van der Waals surface area contributed by atoms with Crippen molar-refractivity contribution in [2.24, 2.45) is 11.8 Å². The Kier molecular flexibility index (Phi) is 6.21. The van der Waals surface area contributed by atoms with Gasteiger partial charge in [-0.1, -0.05) is 54.9 Å². The molecule has 0 bridgehead atoms. The van der Waals surface area contributed by atoms with Crippen LogP contribution in [0.4, 0.5) is 0 Å². The molecule has 0 spiro atoms. The van der Waals surface area contributed by atoms with Crippen LogP contribution in [-0.2, 0) is 10.4 Å². The second kappa shape index (κ2) is 7.23. The summed E-state index contributed by atoms with van der Waals surface area (Å²) in [6.07, 6.45) is 0.490. The molecule has 2 atom stereocenters. The number of rotatable bonds is 6. The van der Waals surface area contributed by atoms with Crippen molar-refractivity contribution in [2.75, 3.05) is 6.54 Å². The van der Waals surface area contributed by atoms with Crippen LogP contribution in [0.5, 0.6) is 0 Å². The summed E-state index contributed by atoms with van der Waals surface area (Å²) in [5.74, 6) is 0.798. The van der Waals surface area contributed by atoms with Crippen molar-refractivity contribution in [3.63, 3.8) is 0 Å². The molecule has 0 unspecified atom stereocenters. The number of hydrogen-bond acceptors (Lipinski definition) is 2. The van der Waals surface area contributed by atoms with Gasteiger partial charge in [0, 0.05) is 10.9 Å². The number of hydrogen-bond donors (Lipinski definition) is 2. The predicted octanol–water partition coefficient (Wildman–Crippen LogP) is 3.46. The van der Waals surface area contributed by atoms with Gasteiger partial charge in [0.15, 0.2) is 0 Å². The van der Waals surface area contributed by atoms with Crippen LogP contribution in [0.25, 0.3) is 0 Å². The second-order valence-corrected chi connectivity index (χ2v) is 6.81.